The minimum absolute atomic E-state index is 0.137. The van der Waals surface area contributed by atoms with E-state index in [0.29, 0.717) is 12.1 Å². The third-order valence-electron chi connectivity index (χ3n) is 3.10. The van der Waals surface area contributed by atoms with Crippen LogP contribution < -0.4 is 0 Å². The number of fused-ring (bicyclic) bond motifs is 1. The number of rotatable bonds is 1. The summed E-state index contributed by atoms with van der Waals surface area (Å²) in [6.45, 7) is 0. The van der Waals surface area contributed by atoms with Crippen molar-refractivity contribution in [3.05, 3.63) is 69.9 Å². The first-order valence-corrected chi connectivity index (χ1v) is 5.73. The lowest BCUT2D eigenvalue weighted by Crippen LogP contribution is -2.17. The van der Waals surface area contributed by atoms with E-state index in [-0.39, 0.29) is 16.0 Å². The van der Waals surface area contributed by atoms with Crippen molar-refractivity contribution in [2.75, 3.05) is 0 Å². The molecule has 3 rings (SSSR count). The van der Waals surface area contributed by atoms with Crippen LogP contribution in [0, 0.1) is 28.5 Å². The highest BCUT2D eigenvalue weighted by Gasteiger charge is 2.37. The fraction of sp³-hybridized carbons (Fsp3) is 0. The molecule has 21 heavy (non-hydrogen) atoms. The number of hydrogen-bond acceptors (Lipinski definition) is 2. The van der Waals surface area contributed by atoms with Crippen molar-refractivity contribution in [1.82, 2.24) is 0 Å². The molecule has 0 saturated heterocycles. The van der Waals surface area contributed by atoms with Crippen molar-refractivity contribution in [2.24, 2.45) is 0 Å². The molecule has 2 aromatic rings. The Hall–Kier alpha value is -2.70. The number of carbonyl (C=O) groups excluding carboxylic acids is 1. The van der Waals surface area contributed by atoms with Gasteiger partial charge in [-0.1, -0.05) is 0 Å². The van der Waals surface area contributed by atoms with Gasteiger partial charge in [0.2, 0.25) is 5.69 Å². The van der Waals surface area contributed by atoms with E-state index < -0.39 is 40.3 Å². The van der Waals surface area contributed by atoms with E-state index in [4.69, 9.17) is 0 Å². The highest BCUT2D eigenvalue weighted by Crippen LogP contribution is 2.29. The molecule has 0 aliphatic carbocycles. The number of hydrogen-bond donors (Lipinski definition) is 0. The Balaban J connectivity index is 2.21. The first-order chi connectivity index (χ1) is 9.90. The molecule has 0 radical (unpaired) electrons. The van der Waals surface area contributed by atoms with Crippen molar-refractivity contribution in [3.63, 3.8) is 0 Å². The Morgan fingerprint density at radius 3 is 2.19 bits per heavy atom. The molecule has 0 bridgehead atoms. The Morgan fingerprint density at radius 2 is 1.57 bits per heavy atom. The van der Waals surface area contributed by atoms with Gasteiger partial charge >= 0.3 is 0 Å². The van der Waals surface area contributed by atoms with Gasteiger partial charge in [-0.2, -0.15) is 4.74 Å². The van der Waals surface area contributed by atoms with Gasteiger partial charge in [-0.15, -0.1) is 0 Å². The van der Waals surface area contributed by atoms with E-state index in [0.717, 1.165) is 18.2 Å². The summed E-state index contributed by atoms with van der Waals surface area (Å²) in [4.78, 5) is 12.1. The lowest BCUT2D eigenvalue weighted by Gasteiger charge is -2.03. The van der Waals surface area contributed by atoms with Gasteiger partial charge in [0, 0.05) is 6.07 Å². The molecule has 3 nitrogen and oxygen atoms in total. The molecule has 0 N–H and O–H groups in total. The standard InChI is InChI=1S/C14H5F4NO2/c15-7-1-2-11-8(5-7)14(20)13(19(11)21)6-3-9(16)12(18)10(17)4-6/h1-5H. The molecule has 0 saturated carbocycles. The van der Waals surface area contributed by atoms with Crippen LogP contribution in [0.4, 0.5) is 23.2 Å². The van der Waals surface area contributed by atoms with Crippen LogP contribution in [-0.2, 0) is 0 Å². The fourth-order valence-electron chi connectivity index (χ4n) is 2.15. The van der Waals surface area contributed by atoms with E-state index in [1.165, 1.54) is 0 Å². The Bertz CT molecular complexity index is 807. The average molecular weight is 295 g/mol. The van der Waals surface area contributed by atoms with Crippen molar-refractivity contribution in [3.8, 4) is 0 Å². The molecule has 1 aliphatic rings. The number of halogens is 4. The molecule has 0 aromatic heterocycles. The highest BCUT2D eigenvalue weighted by molar-refractivity contribution is 6.52. The van der Waals surface area contributed by atoms with Crippen LogP contribution in [0.5, 0.6) is 0 Å². The topological polar surface area (TPSA) is 43.1 Å². The summed E-state index contributed by atoms with van der Waals surface area (Å²) < 4.78 is 52.6. The number of nitrogens with zero attached hydrogens (tertiary/aromatic N) is 1. The highest BCUT2D eigenvalue weighted by atomic mass is 19.2. The predicted octanol–water partition coefficient (Wildman–Crippen LogP) is 3.07. The third kappa shape index (κ3) is 1.89. The second-order valence-corrected chi connectivity index (χ2v) is 4.39. The fourth-order valence-corrected chi connectivity index (χ4v) is 2.15. The van der Waals surface area contributed by atoms with E-state index in [1.54, 1.807) is 0 Å². The molecule has 7 heteroatoms. The van der Waals surface area contributed by atoms with E-state index >= 15 is 0 Å². The number of benzene rings is 2. The summed E-state index contributed by atoms with van der Waals surface area (Å²) in [6, 6.07) is 3.99. The molecule has 0 atom stereocenters. The van der Waals surface area contributed by atoms with Gasteiger partial charge in [0.25, 0.3) is 11.5 Å². The van der Waals surface area contributed by atoms with Gasteiger partial charge in [0.05, 0.1) is 5.56 Å². The Morgan fingerprint density at radius 1 is 0.952 bits per heavy atom. The summed E-state index contributed by atoms with van der Waals surface area (Å²) in [5.74, 6) is -6.37. The zero-order chi connectivity index (χ0) is 15.3. The van der Waals surface area contributed by atoms with E-state index in [1.807, 2.05) is 0 Å². The largest absolute Gasteiger partial charge is 0.618 e. The molecule has 1 aliphatic heterocycles. The van der Waals surface area contributed by atoms with E-state index in [2.05, 4.69) is 0 Å². The number of Topliss-reactive ketones (excluding diaryl/α,β-unsaturated/α-hetero) is 1. The minimum atomic E-state index is -1.70. The molecular weight excluding hydrogens is 290 g/mol. The smallest absolute Gasteiger partial charge is 0.273 e. The SMILES string of the molecule is O=C1C(c2cc(F)c(F)c(F)c2)=[N+]([O-])c2ccc(F)cc21. The van der Waals surface area contributed by atoms with Gasteiger partial charge in [0.1, 0.15) is 11.4 Å². The number of carbonyl (C=O) groups is 1. The quantitative estimate of drug-likeness (QED) is 0.351. The molecule has 0 spiro atoms. The van der Waals surface area contributed by atoms with Gasteiger partial charge in [0.15, 0.2) is 17.5 Å². The lowest BCUT2D eigenvalue weighted by molar-refractivity contribution is -0.355. The Kier molecular flexibility index (Phi) is 2.79. The molecule has 1 heterocycles. The average Bonchev–Trinajstić information content (AvgIpc) is 2.67. The van der Waals surface area contributed by atoms with Crippen LogP contribution in [0.25, 0.3) is 0 Å². The molecule has 2 aromatic carbocycles. The van der Waals surface area contributed by atoms with Gasteiger partial charge in [-0.25, -0.2) is 17.6 Å². The van der Waals surface area contributed by atoms with Crippen LogP contribution in [-0.4, -0.2) is 16.2 Å². The first-order valence-electron chi connectivity index (χ1n) is 5.73. The maximum Gasteiger partial charge on any atom is 0.273 e. The predicted molar refractivity (Wildman–Crippen MR) is 64.4 cm³/mol. The number of ketones is 1. The molecule has 0 fully saturated rings. The molecule has 106 valence electrons. The van der Waals surface area contributed by atoms with Crippen LogP contribution in [0.15, 0.2) is 30.3 Å². The second kappa shape index (κ2) is 4.41. The van der Waals surface area contributed by atoms with Crippen LogP contribution in [0.1, 0.15) is 15.9 Å². The zero-order valence-corrected chi connectivity index (χ0v) is 10.2. The van der Waals surface area contributed by atoms with Crippen LogP contribution in [0.3, 0.4) is 0 Å². The van der Waals surface area contributed by atoms with Gasteiger partial charge < -0.3 is 5.21 Å². The van der Waals surface area contributed by atoms with Crippen molar-refractivity contribution >= 4 is 17.2 Å². The summed E-state index contributed by atoms with van der Waals surface area (Å²) >= 11 is 0. The summed E-state index contributed by atoms with van der Waals surface area (Å²) in [7, 11) is 0. The monoisotopic (exact) mass is 295 g/mol. The normalized spacial score (nSPS) is 13.8. The minimum Gasteiger partial charge on any atom is -0.618 e. The third-order valence-corrected chi connectivity index (χ3v) is 3.10. The molecule has 0 amide bonds. The van der Waals surface area contributed by atoms with Crippen LogP contribution in [0.2, 0.25) is 0 Å². The zero-order valence-electron chi connectivity index (χ0n) is 10.2. The maximum atomic E-state index is 13.2. The first kappa shape index (κ1) is 13.3. The lowest BCUT2D eigenvalue weighted by atomic mass is 10.0. The van der Waals surface area contributed by atoms with Crippen molar-refractivity contribution in [2.45, 2.75) is 0 Å². The maximum absolute atomic E-state index is 13.2. The van der Waals surface area contributed by atoms with Crippen LogP contribution >= 0.6 is 0 Å². The van der Waals surface area contributed by atoms with Crippen molar-refractivity contribution < 1.29 is 27.1 Å². The molecular formula is C14H5F4NO2. The van der Waals surface area contributed by atoms with E-state index in [9.17, 15) is 27.6 Å². The van der Waals surface area contributed by atoms with Gasteiger partial charge in [-0.05, 0) is 24.3 Å². The van der Waals surface area contributed by atoms with Crippen molar-refractivity contribution in [1.29, 1.82) is 0 Å². The second-order valence-electron chi connectivity index (χ2n) is 4.39. The molecule has 0 unspecified atom stereocenters. The Labute approximate surface area is 115 Å². The van der Waals surface area contributed by atoms with Gasteiger partial charge in [-0.3, -0.25) is 4.79 Å². The summed E-state index contributed by atoms with van der Waals surface area (Å²) in [5.41, 5.74) is -1.36. The summed E-state index contributed by atoms with van der Waals surface area (Å²) in [6.07, 6.45) is 0. The summed E-state index contributed by atoms with van der Waals surface area (Å²) in [5, 5.41) is 12.0.